The lowest BCUT2D eigenvalue weighted by Crippen LogP contribution is -2.40. The van der Waals surface area contributed by atoms with Gasteiger partial charge < -0.3 is 19.7 Å². The zero-order valence-electron chi connectivity index (χ0n) is 19.9. The van der Waals surface area contributed by atoms with Crippen molar-refractivity contribution in [2.75, 3.05) is 20.2 Å². The van der Waals surface area contributed by atoms with E-state index in [-0.39, 0.29) is 18.4 Å². The average molecular weight is 453 g/mol. The van der Waals surface area contributed by atoms with E-state index in [2.05, 4.69) is 5.32 Å². The van der Waals surface area contributed by atoms with Gasteiger partial charge >= 0.3 is 12.1 Å². The Bertz CT molecular complexity index is 990. The molecule has 0 aliphatic rings. The number of likely N-dealkylation sites (N-methyl/N-ethyl adjacent to an activating group) is 1. The molecule has 2 aromatic rings. The van der Waals surface area contributed by atoms with Gasteiger partial charge in [0.1, 0.15) is 12.1 Å². The standard InChI is InChI=1S/C26H32N2O5/c1-6-32-24(30)15-12-19-10-13-21(14-11-19)22-9-7-8-20(16-22)18-28(5)23(29)17-27-25(31)33-26(2,3)4/h7-16H,6,17-18H2,1-5H3,(H,27,31)/b15-12+. The zero-order valence-corrected chi connectivity index (χ0v) is 19.9. The van der Waals surface area contributed by atoms with Gasteiger partial charge in [-0.3, -0.25) is 4.79 Å². The van der Waals surface area contributed by atoms with Crippen molar-refractivity contribution in [3.8, 4) is 11.1 Å². The first-order valence-corrected chi connectivity index (χ1v) is 10.8. The molecule has 0 bridgehead atoms. The van der Waals surface area contributed by atoms with E-state index in [4.69, 9.17) is 9.47 Å². The van der Waals surface area contributed by atoms with E-state index in [9.17, 15) is 14.4 Å². The summed E-state index contributed by atoms with van der Waals surface area (Å²) >= 11 is 0. The molecule has 0 unspecified atom stereocenters. The van der Waals surface area contributed by atoms with Crippen molar-refractivity contribution in [1.29, 1.82) is 0 Å². The minimum absolute atomic E-state index is 0.133. The fourth-order valence-electron chi connectivity index (χ4n) is 2.95. The number of rotatable bonds is 8. The third-order valence-corrected chi connectivity index (χ3v) is 4.50. The minimum Gasteiger partial charge on any atom is -0.463 e. The van der Waals surface area contributed by atoms with Crippen molar-refractivity contribution in [2.45, 2.75) is 39.8 Å². The Morgan fingerprint density at radius 2 is 1.73 bits per heavy atom. The molecule has 0 atom stereocenters. The number of carbonyl (C=O) groups is 3. The van der Waals surface area contributed by atoms with E-state index in [1.54, 1.807) is 45.7 Å². The van der Waals surface area contributed by atoms with Crippen LogP contribution in [0.25, 0.3) is 17.2 Å². The molecule has 176 valence electrons. The van der Waals surface area contributed by atoms with Crippen LogP contribution < -0.4 is 5.32 Å². The number of hydrogen-bond acceptors (Lipinski definition) is 5. The van der Waals surface area contributed by atoms with Crippen molar-refractivity contribution >= 4 is 24.0 Å². The van der Waals surface area contributed by atoms with Gasteiger partial charge in [-0.15, -0.1) is 0 Å². The normalized spacial score (nSPS) is 11.2. The first-order valence-electron chi connectivity index (χ1n) is 10.8. The summed E-state index contributed by atoms with van der Waals surface area (Å²) in [6.45, 7) is 7.68. The maximum absolute atomic E-state index is 12.4. The summed E-state index contributed by atoms with van der Waals surface area (Å²) in [5, 5.41) is 2.49. The lowest BCUT2D eigenvalue weighted by Gasteiger charge is -2.21. The maximum Gasteiger partial charge on any atom is 0.408 e. The number of nitrogens with zero attached hydrogens (tertiary/aromatic N) is 1. The third kappa shape index (κ3) is 9.19. The molecule has 0 saturated carbocycles. The molecule has 0 saturated heterocycles. The van der Waals surface area contributed by atoms with Crippen molar-refractivity contribution in [3.63, 3.8) is 0 Å². The van der Waals surface area contributed by atoms with Gasteiger partial charge in [0.2, 0.25) is 5.91 Å². The van der Waals surface area contributed by atoms with Gasteiger partial charge in [0.05, 0.1) is 6.61 Å². The van der Waals surface area contributed by atoms with Crippen LogP contribution in [0.4, 0.5) is 4.79 Å². The Balaban J connectivity index is 1.96. The van der Waals surface area contributed by atoms with Gasteiger partial charge in [0.15, 0.2) is 0 Å². The van der Waals surface area contributed by atoms with Gasteiger partial charge in [0, 0.05) is 19.7 Å². The minimum atomic E-state index is -0.619. The van der Waals surface area contributed by atoms with Gasteiger partial charge in [-0.1, -0.05) is 42.5 Å². The van der Waals surface area contributed by atoms with Crippen molar-refractivity contribution in [1.82, 2.24) is 10.2 Å². The summed E-state index contributed by atoms with van der Waals surface area (Å²) in [5.74, 6) is -0.585. The fourth-order valence-corrected chi connectivity index (χ4v) is 2.95. The number of nitrogens with one attached hydrogen (secondary N) is 1. The first-order chi connectivity index (χ1) is 15.6. The maximum atomic E-state index is 12.4. The Kier molecular flexibility index (Phi) is 9.21. The van der Waals surface area contributed by atoms with Crippen LogP contribution in [0.5, 0.6) is 0 Å². The molecule has 0 radical (unpaired) electrons. The lowest BCUT2D eigenvalue weighted by atomic mass is 10.0. The molecule has 0 spiro atoms. The largest absolute Gasteiger partial charge is 0.463 e. The van der Waals surface area contributed by atoms with Crippen LogP contribution in [0, 0.1) is 0 Å². The molecule has 7 heteroatoms. The van der Waals surface area contributed by atoms with E-state index in [0.29, 0.717) is 13.2 Å². The van der Waals surface area contributed by atoms with Crippen molar-refractivity contribution in [3.05, 3.63) is 65.7 Å². The highest BCUT2D eigenvalue weighted by atomic mass is 16.6. The number of carbonyl (C=O) groups excluding carboxylic acids is 3. The van der Waals surface area contributed by atoms with Crippen LogP contribution in [-0.4, -0.2) is 48.7 Å². The summed E-state index contributed by atoms with van der Waals surface area (Å²) < 4.78 is 10.0. The second kappa shape index (κ2) is 11.9. The van der Waals surface area contributed by atoms with Gasteiger partial charge in [-0.25, -0.2) is 9.59 Å². The number of alkyl carbamates (subject to hydrolysis) is 1. The van der Waals surface area contributed by atoms with E-state index < -0.39 is 11.7 Å². The topological polar surface area (TPSA) is 84.9 Å². The van der Waals surface area contributed by atoms with Crippen molar-refractivity contribution < 1.29 is 23.9 Å². The average Bonchev–Trinajstić information content (AvgIpc) is 2.75. The Hall–Kier alpha value is -3.61. The molecule has 0 aromatic heterocycles. The molecule has 0 fully saturated rings. The molecular weight excluding hydrogens is 420 g/mol. The molecular formula is C26H32N2O5. The number of esters is 1. The summed E-state index contributed by atoms with van der Waals surface area (Å²) in [5.41, 5.74) is 3.28. The van der Waals surface area contributed by atoms with Crippen LogP contribution in [0.1, 0.15) is 38.8 Å². The molecule has 0 heterocycles. The first kappa shape index (κ1) is 25.6. The molecule has 7 nitrogen and oxygen atoms in total. The molecule has 2 aromatic carbocycles. The number of ether oxygens (including phenoxy) is 2. The van der Waals surface area contributed by atoms with Crippen LogP contribution in [0.15, 0.2) is 54.6 Å². The second-order valence-electron chi connectivity index (χ2n) is 8.51. The quantitative estimate of drug-likeness (QED) is 0.474. The predicted molar refractivity (Wildman–Crippen MR) is 128 cm³/mol. The number of amides is 2. The summed E-state index contributed by atoms with van der Waals surface area (Å²) in [6.07, 6.45) is 2.50. The summed E-state index contributed by atoms with van der Waals surface area (Å²) in [6, 6.07) is 15.7. The monoisotopic (exact) mass is 452 g/mol. The Labute approximate surface area is 195 Å². The van der Waals surface area contributed by atoms with Crippen LogP contribution in [0.2, 0.25) is 0 Å². The van der Waals surface area contributed by atoms with E-state index >= 15 is 0 Å². The van der Waals surface area contributed by atoms with E-state index in [0.717, 1.165) is 22.3 Å². The highest BCUT2D eigenvalue weighted by molar-refractivity contribution is 5.87. The number of hydrogen-bond donors (Lipinski definition) is 1. The molecule has 0 aliphatic heterocycles. The SMILES string of the molecule is CCOC(=O)/C=C/c1ccc(-c2cccc(CN(C)C(=O)CNC(=O)OC(C)(C)C)c2)cc1. The lowest BCUT2D eigenvalue weighted by molar-refractivity contribution is -0.137. The smallest absolute Gasteiger partial charge is 0.408 e. The van der Waals surface area contributed by atoms with Gasteiger partial charge in [0.25, 0.3) is 0 Å². The molecule has 1 N–H and O–H groups in total. The van der Waals surface area contributed by atoms with Crippen LogP contribution in [-0.2, 0) is 25.6 Å². The number of benzene rings is 2. The molecule has 0 aliphatic carbocycles. The predicted octanol–water partition coefficient (Wildman–Crippen LogP) is 4.41. The van der Waals surface area contributed by atoms with E-state index in [1.807, 2.05) is 48.5 Å². The van der Waals surface area contributed by atoms with E-state index in [1.165, 1.54) is 6.08 Å². The molecule has 2 amide bonds. The summed E-state index contributed by atoms with van der Waals surface area (Å²) in [4.78, 5) is 37.1. The van der Waals surface area contributed by atoms with Crippen LogP contribution >= 0.6 is 0 Å². The van der Waals surface area contributed by atoms with Gasteiger partial charge in [-0.2, -0.15) is 0 Å². The Morgan fingerprint density at radius 1 is 1.03 bits per heavy atom. The molecule has 2 rings (SSSR count). The van der Waals surface area contributed by atoms with Crippen molar-refractivity contribution in [2.24, 2.45) is 0 Å². The highest BCUT2D eigenvalue weighted by Crippen LogP contribution is 2.22. The summed E-state index contributed by atoms with van der Waals surface area (Å²) in [7, 11) is 1.69. The van der Waals surface area contributed by atoms with Gasteiger partial charge in [-0.05, 0) is 62.1 Å². The second-order valence-corrected chi connectivity index (χ2v) is 8.51. The molecule has 33 heavy (non-hydrogen) atoms. The Morgan fingerprint density at radius 3 is 2.36 bits per heavy atom. The highest BCUT2D eigenvalue weighted by Gasteiger charge is 2.17. The fraction of sp³-hybridized carbons (Fsp3) is 0.346. The third-order valence-electron chi connectivity index (χ3n) is 4.50. The zero-order chi connectivity index (χ0) is 24.4. The van der Waals surface area contributed by atoms with Crippen LogP contribution in [0.3, 0.4) is 0 Å².